The van der Waals surface area contributed by atoms with Crippen molar-refractivity contribution in [3.05, 3.63) is 164 Å². The summed E-state index contributed by atoms with van der Waals surface area (Å²) in [5.74, 6) is 0. The molecule has 0 spiro atoms. The zero-order valence-corrected chi connectivity index (χ0v) is 30.2. The van der Waals surface area contributed by atoms with Gasteiger partial charge in [-0.3, -0.25) is 28.2 Å². The lowest BCUT2D eigenvalue weighted by Crippen LogP contribution is -2.59. The molecular formula is C48H27BN8. The number of pyridine rings is 4. The van der Waals surface area contributed by atoms with Gasteiger partial charge >= 0.3 is 0 Å². The Kier molecular flexibility index (Phi) is 5.44. The van der Waals surface area contributed by atoms with Gasteiger partial charge in [-0.15, -0.1) is 0 Å². The van der Waals surface area contributed by atoms with Crippen molar-refractivity contribution in [2.24, 2.45) is 0 Å². The van der Waals surface area contributed by atoms with E-state index in [1.807, 2.05) is 36.9 Å². The molecule has 2 aliphatic heterocycles. The first-order chi connectivity index (χ1) is 28.3. The van der Waals surface area contributed by atoms with Crippen LogP contribution in [0.25, 0.3) is 100 Å². The van der Waals surface area contributed by atoms with Crippen LogP contribution >= 0.6 is 0 Å². The molecule has 57 heavy (non-hydrogen) atoms. The van der Waals surface area contributed by atoms with Crippen LogP contribution in [0.3, 0.4) is 0 Å². The van der Waals surface area contributed by atoms with Crippen molar-refractivity contribution in [3.63, 3.8) is 0 Å². The number of rotatable bonds is 3. The Hall–Kier alpha value is -7.78. The van der Waals surface area contributed by atoms with Crippen molar-refractivity contribution in [1.82, 2.24) is 38.2 Å². The van der Waals surface area contributed by atoms with Crippen LogP contribution in [0.1, 0.15) is 0 Å². The monoisotopic (exact) mass is 726 g/mol. The molecule has 14 rings (SSSR count). The normalized spacial score (nSPS) is 12.9. The van der Waals surface area contributed by atoms with Crippen LogP contribution in [0.4, 0.5) is 0 Å². The molecule has 0 unspecified atom stereocenters. The summed E-state index contributed by atoms with van der Waals surface area (Å²) in [6.45, 7) is -0.0378. The second kappa shape index (κ2) is 10.5. The lowest BCUT2D eigenvalue weighted by atomic mass is 9.34. The van der Waals surface area contributed by atoms with E-state index in [1.165, 1.54) is 32.7 Å². The minimum absolute atomic E-state index is 0.0378. The van der Waals surface area contributed by atoms with Gasteiger partial charge in [-0.2, -0.15) is 0 Å². The fourth-order valence-corrected chi connectivity index (χ4v) is 10.3. The molecule has 8 aromatic heterocycles. The van der Waals surface area contributed by atoms with E-state index in [2.05, 4.69) is 146 Å². The fourth-order valence-electron chi connectivity index (χ4n) is 10.3. The van der Waals surface area contributed by atoms with Gasteiger partial charge in [-0.05, 0) is 95.3 Å². The summed E-state index contributed by atoms with van der Waals surface area (Å²) < 4.78 is 9.66. The van der Waals surface area contributed by atoms with E-state index in [0.717, 1.165) is 83.8 Å². The Morgan fingerprint density at radius 1 is 0.421 bits per heavy atom. The highest BCUT2D eigenvalue weighted by Crippen LogP contribution is 2.45. The molecule has 8 nitrogen and oxygen atoms in total. The first-order valence-corrected chi connectivity index (χ1v) is 19.3. The number of aromatic nitrogens is 8. The first-order valence-electron chi connectivity index (χ1n) is 19.3. The minimum atomic E-state index is -0.0378. The molecule has 0 amide bonds. The van der Waals surface area contributed by atoms with Gasteiger partial charge in [0.25, 0.3) is 6.71 Å². The fraction of sp³-hybridized carbons (Fsp3) is 0. The Morgan fingerprint density at radius 3 is 1.70 bits per heavy atom. The molecule has 2 aliphatic rings. The molecule has 9 heteroatoms. The second-order valence-electron chi connectivity index (χ2n) is 15.1. The van der Waals surface area contributed by atoms with E-state index in [4.69, 9.17) is 19.9 Å². The lowest BCUT2D eigenvalue weighted by Gasteiger charge is -2.34. The van der Waals surface area contributed by atoms with Crippen molar-refractivity contribution < 1.29 is 0 Å². The largest absolute Gasteiger partial charge is 0.296 e. The number of para-hydroxylation sites is 3. The lowest BCUT2D eigenvalue weighted by molar-refractivity contribution is 1.04. The van der Waals surface area contributed by atoms with E-state index < -0.39 is 0 Å². The Labute approximate surface area is 324 Å². The van der Waals surface area contributed by atoms with Crippen LogP contribution < -0.4 is 16.4 Å². The van der Waals surface area contributed by atoms with Crippen LogP contribution in [0.15, 0.2) is 164 Å². The van der Waals surface area contributed by atoms with Gasteiger partial charge < -0.3 is 0 Å². The molecule has 10 heterocycles. The smallest absolute Gasteiger partial charge is 0.252 e. The van der Waals surface area contributed by atoms with Crippen LogP contribution in [-0.4, -0.2) is 44.9 Å². The van der Waals surface area contributed by atoms with Crippen LogP contribution in [0, 0.1) is 0 Å². The number of nitrogens with zero attached hydrogens (tertiary/aromatic N) is 8. The van der Waals surface area contributed by atoms with Crippen molar-refractivity contribution in [2.75, 3.05) is 0 Å². The van der Waals surface area contributed by atoms with Crippen LogP contribution in [0.5, 0.6) is 0 Å². The van der Waals surface area contributed by atoms with Crippen molar-refractivity contribution in [2.45, 2.75) is 0 Å². The van der Waals surface area contributed by atoms with Gasteiger partial charge in [0.15, 0.2) is 0 Å². The maximum absolute atomic E-state index is 5.20. The summed E-state index contributed by atoms with van der Waals surface area (Å²) >= 11 is 0. The molecule has 0 N–H and O–H groups in total. The molecule has 0 radical (unpaired) electrons. The highest BCUT2D eigenvalue weighted by molar-refractivity contribution is 7.00. The van der Waals surface area contributed by atoms with Crippen molar-refractivity contribution >= 4 is 89.2 Å². The summed E-state index contributed by atoms with van der Waals surface area (Å²) in [5, 5.41) is 5.73. The highest BCUT2D eigenvalue weighted by Gasteiger charge is 2.43. The molecular weight excluding hydrogens is 699 g/mol. The van der Waals surface area contributed by atoms with Gasteiger partial charge in [-0.1, -0.05) is 60.7 Å². The van der Waals surface area contributed by atoms with Gasteiger partial charge in [-0.25, -0.2) is 9.97 Å². The van der Waals surface area contributed by atoms with Crippen LogP contribution in [0.2, 0.25) is 0 Å². The first kappa shape index (κ1) is 29.6. The Balaban J connectivity index is 1.24. The summed E-state index contributed by atoms with van der Waals surface area (Å²) in [7, 11) is 0. The van der Waals surface area contributed by atoms with Gasteiger partial charge in [0.05, 0.1) is 27.6 Å². The molecule has 12 aromatic rings. The summed E-state index contributed by atoms with van der Waals surface area (Å²) in [5.41, 5.74) is 17.4. The summed E-state index contributed by atoms with van der Waals surface area (Å²) in [6.07, 6.45) is 7.67. The van der Waals surface area contributed by atoms with Crippen LogP contribution in [-0.2, 0) is 0 Å². The SMILES string of the molecule is c1ccc(-n2c3ncccc3c3c4cccc5c4n(c32)-c2cc(-c3ccccn3)cc3c2B5c2ccnc4c5c6cccnc6n(-c6ccccc6)c5n-3c24)cc1. The van der Waals surface area contributed by atoms with Crippen molar-refractivity contribution in [3.8, 4) is 34.0 Å². The maximum atomic E-state index is 5.20. The molecule has 0 saturated carbocycles. The molecule has 0 aliphatic carbocycles. The quantitative estimate of drug-likeness (QED) is 0.172. The van der Waals surface area contributed by atoms with E-state index in [1.54, 1.807) is 0 Å². The number of hydrogen-bond donors (Lipinski definition) is 0. The number of benzene rings is 4. The molecule has 4 aromatic carbocycles. The molecule has 0 bridgehead atoms. The van der Waals surface area contributed by atoms with Gasteiger partial charge in [0, 0.05) is 74.6 Å². The highest BCUT2D eigenvalue weighted by atomic mass is 15.2. The third-order valence-electron chi connectivity index (χ3n) is 12.3. The van der Waals surface area contributed by atoms with E-state index in [-0.39, 0.29) is 6.71 Å². The summed E-state index contributed by atoms with van der Waals surface area (Å²) in [6, 6.07) is 49.7. The standard InChI is InChI=1S/C48H27BN8/c1-3-12-29(13-4-1)54-45-32(17-10-23-52-45)39-31-16-9-19-34-43(31)56(47(39)54)37-26-28(36-20-7-8-22-50-36)27-38-41(37)49(34)35-21-25-51-42-40-33-18-11-24-53-46(33)55(30-14-5-2-6-15-30)48(40)57(38)44(35)42/h1-27H. The molecule has 0 saturated heterocycles. The molecule has 0 atom stereocenters. The predicted molar refractivity (Wildman–Crippen MR) is 230 cm³/mol. The molecule has 262 valence electrons. The average Bonchev–Trinajstić information content (AvgIpc) is 4.00. The zero-order chi connectivity index (χ0) is 36.9. The van der Waals surface area contributed by atoms with Gasteiger partial charge in [0.1, 0.15) is 22.6 Å². The Morgan fingerprint density at radius 2 is 1.02 bits per heavy atom. The van der Waals surface area contributed by atoms with Gasteiger partial charge in [0.2, 0.25) is 0 Å². The van der Waals surface area contributed by atoms with E-state index in [9.17, 15) is 0 Å². The third kappa shape index (κ3) is 3.56. The predicted octanol–water partition coefficient (Wildman–Crippen LogP) is 8.16. The number of fused-ring (bicyclic) bond motifs is 14. The number of hydrogen-bond acceptors (Lipinski definition) is 4. The molecule has 0 fully saturated rings. The minimum Gasteiger partial charge on any atom is -0.296 e. The topological polar surface area (TPSA) is 71.3 Å². The van der Waals surface area contributed by atoms with E-state index >= 15 is 0 Å². The third-order valence-corrected chi connectivity index (χ3v) is 12.3. The maximum Gasteiger partial charge on any atom is 0.252 e. The average molecular weight is 727 g/mol. The summed E-state index contributed by atoms with van der Waals surface area (Å²) in [4.78, 5) is 20.2. The zero-order valence-electron chi connectivity index (χ0n) is 30.2. The van der Waals surface area contributed by atoms with E-state index in [0.29, 0.717) is 0 Å². The second-order valence-corrected chi connectivity index (χ2v) is 15.1. The van der Waals surface area contributed by atoms with Crippen molar-refractivity contribution in [1.29, 1.82) is 0 Å². The Bertz CT molecular complexity index is 3470.